The summed E-state index contributed by atoms with van der Waals surface area (Å²) in [6.07, 6.45) is 1.56. The SMILES string of the molecule is Cn1c(=O)n(C)c2cc(NC(=O)C3CCN(Cc4c(Cl)cccc4Cl)CC3)ccc21. The quantitative estimate of drug-likeness (QED) is 0.657. The van der Waals surface area contributed by atoms with Crippen LogP contribution in [0.2, 0.25) is 10.0 Å². The van der Waals surface area contributed by atoms with Crippen molar-refractivity contribution in [2.45, 2.75) is 19.4 Å². The molecule has 158 valence electrons. The van der Waals surface area contributed by atoms with Gasteiger partial charge in [-0.25, -0.2) is 4.79 Å². The molecule has 2 heterocycles. The van der Waals surface area contributed by atoms with E-state index in [-0.39, 0.29) is 17.5 Å². The molecule has 0 unspecified atom stereocenters. The molecule has 0 radical (unpaired) electrons. The molecular weight excluding hydrogens is 423 g/mol. The largest absolute Gasteiger partial charge is 0.328 e. The molecular formula is C22H24Cl2N4O2. The normalized spacial score (nSPS) is 15.6. The molecule has 6 nitrogen and oxygen atoms in total. The number of nitrogens with one attached hydrogen (secondary N) is 1. The first-order valence-electron chi connectivity index (χ1n) is 9.96. The molecule has 4 rings (SSSR count). The number of carbonyl (C=O) groups excluding carboxylic acids is 1. The van der Waals surface area contributed by atoms with Crippen LogP contribution in [-0.2, 0) is 25.4 Å². The van der Waals surface area contributed by atoms with Crippen LogP contribution in [0.5, 0.6) is 0 Å². The third-order valence-corrected chi connectivity index (χ3v) is 6.65. The highest BCUT2D eigenvalue weighted by Gasteiger charge is 2.26. The number of fused-ring (bicyclic) bond motifs is 1. The maximum absolute atomic E-state index is 12.8. The second-order valence-electron chi connectivity index (χ2n) is 7.84. The third kappa shape index (κ3) is 4.00. The lowest BCUT2D eigenvalue weighted by molar-refractivity contribution is -0.121. The fraction of sp³-hybridized carbons (Fsp3) is 0.364. The maximum Gasteiger partial charge on any atom is 0.328 e. The number of piperidine rings is 1. The number of carbonyl (C=O) groups is 1. The number of likely N-dealkylation sites (tertiary alicyclic amines) is 1. The second-order valence-corrected chi connectivity index (χ2v) is 8.66. The van der Waals surface area contributed by atoms with Crippen LogP contribution >= 0.6 is 23.2 Å². The molecule has 0 atom stereocenters. The molecule has 1 N–H and O–H groups in total. The van der Waals surface area contributed by atoms with Crippen molar-refractivity contribution < 1.29 is 4.79 Å². The van der Waals surface area contributed by atoms with Crippen molar-refractivity contribution in [1.82, 2.24) is 14.0 Å². The topological polar surface area (TPSA) is 59.3 Å². The van der Waals surface area contributed by atoms with Crippen LogP contribution in [0.4, 0.5) is 5.69 Å². The van der Waals surface area contributed by atoms with E-state index in [0.717, 1.165) is 42.5 Å². The number of hydrogen-bond acceptors (Lipinski definition) is 3. The minimum atomic E-state index is -0.0838. The highest BCUT2D eigenvalue weighted by Crippen LogP contribution is 2.28. The number of benzene rings is 2. The van der Waals surface area contributed by atoms with Gasteiger partial charge in [0.15, 0.2) is 0 Å². The van der Waals surface area contributed by atoms with Gasteiger partial charge in [0.25, 0.3) is 0 Å². The van der Waals surface area contributed by atoms with Crippen LogP contribution in [0.15, 0.2) is 41.2 Å². The zero-order valence-electron chi connectivity index (χ0n) is 17.0. The van der Waals surface area contributed by atoms with Gasteiger partial charge in [0.2, 0.25) is 5.91 Å². The summed E-state index contributed by atoms with van der Waals surface area (Å²) in [6, 6.07) is 11.1. The highest BCUT2D eigenvalue weighted by atomic mass is 35.5. The molecule has 3 aromatic rings. The minimum Gasteiger partial charge on any atom is -0.326 e. The fourth-order valence-electron chi connectivity index (χ4n) is 4.09. The number of hydrogen-bond donors (Lipinski definition) is 1. The van der Waals surface area contributed by atoms with Gasteiger partial charge in [-0.2, -0.15) is 0 Å². The first-order valence-corrected chi connectivity index (χ1v) is 10.7. The summed E-state index contributed by atoms with van der Waals surface area (Å²) in [5.41, 5.74) is 3.20. The third-order valence-electron chi connectivity index (χ3n) is 5.94. The lowest BCUT2D eigenvalue weighted by atomic mass is 9.95. The van der Waals surface area contributed by atoms with Gasteiger partial charge in [-0.3, -0.25) is 18.8 Å². The van der Waals surface area contributed by atoms with Gasteiger partial charge in [0.1, 0.15) is 0 Å². The van der Waals surface area contributed by atoms with E-state index in [2.05, 4.69) is 10.2 Å². The number of anilines is 1. The Labute approximate surface area is 185 Å². The predicted molar refractivity (Wildman–Crippen MR) is 121 cm³/mol. The fourth-order valence-corrected chi connectivity index (χ4v) is 4.61. The Balaban J connectivity index is 1.38. The van der Waals surface area contributed by atoms with E-state index in [1.807, 2.05) is 36.4 Å². The van der Waals surface area contributed by atoms with Crippen LogP contribution in [0.1, 0.15) is 18.4 Å². The molecule has 1 aliphatic heterocycles. The standard InChI is InChI=1S/C22H24Cl2N4O2/c1-26-19-7-6-15(12-20(19)27(2)22(26)30)25-21(29)14-8-10-28(11-9-14)13-16-17(23)4-3-5-18(16)24/h3-7,12,14H,8-11,13H2,1-2H3,(H,25,29). The van der Waals surface area contributed by atoms with E-state index < -0.39 is 0 Å². The highest BCUT2D eigenvalue weighted by molar-refractivity contribution is 6.35. The predicted octanol–water partition coefficient (Wildman–Crippen LogP) is 4.03. The number of nitrogens with zero attached hydrogens (tertiary/aromatic N) is 3. The maximum atomic E-state index is 12.8. The molecule has 1 aromatic heterocycles. The lowest BCUT2D eigenvalue weighted by Crippen LogP contribution is -2.37. The minimum absolute atomic E-state index is 0.0192. The van der Waals surface area contributed by atoms with Crippen LogP contribution < -0.4 is 11.0 Å². The molecule has 1 aliphatic rings. The number of amides is 1. The monoisotopic (exact) mass is 446 g/mol. The van der Waals surface area contributed by atoms with E-state index in [1.165, 1.54) is 0 Å². The van der Waals surface area contributed by atoms with Crippen LogP contribution in [0.25, 0.3) is 11.0 Å². The smallest absolute Gasteiger partial charge is 0.326 e. The molecule has 8 heteroatoms. The zero-order chi connectivity index (χ0) is 21.4. The van der Waals surface area contributed by atoms with Crippen molar-refractivity contribution in [2.24, 2.45) is 20.0 Å². The Hall–Kier alpha value is -2.28. The number of halogens is 2. The molecule has 0 saturated carbocycles. The Bertz CT molecular complexity index is 1140. The van der Waals surface area contributed by atoms with E-state index in [1.54, 1.807) is 23.2 Å². The summed E-state index contributed by atoms with van der Waals surface area (Å²) in [5, 5.41) is 4.37. The van der Waals surface area contributed by atoms with Crippen molar-refractivity contribution in [1.29, 1.82) is 0 Å². The molecule has 0 bridgehead atoms. The Morgan fingerprint density at radius 1 is 1.03 bits per heavy atom. The van der Waals surface area contributed by atoms with Crippen LogP contribution in [0, 0.1) is 5.92 Å². The Morgan fingerprint density at radius 3 is 2.33 bits per heavy atom. The Morgan fingerprint density at radius 2 is 1.67 bits per heavy atom. The summed E-state index contributed by atoms with van der Waals surface area (Å²) in [7, 11) is 3.48. The van der Waals surface area contributed by atoms with Gasteiger partial charge in [-0.1, -0.05) is 29.3 Å². The van der Waals surface area contributed by atoms with Crippen molar-refractivity contribution in [3.63, 3.8) is 0 Å². The van der Waals surface area contributed by atoms with Gasteiger partial charge < -0.3 is 5.32 Å². The van der Waals surface area contributed by atoms with Gasteiger partial charge in [0, 0.05) is 47.9 Å². The molecule has 30 heavy (non-hydrogen) atoms. The molecule has 1 fully saturated rings. The van der Waals surface area contributed by atoms with E-state index in [4.69, 9.17) is 23.2 Å². The van der Waals surface area contributed by atoms with Crippen molar-refractivity contribution in [3.8, 4) is 0 Å². The molecule has 2 aromatic carbocycles. The van der Waals surface area contributed by atoms with Crippen LogP contribution in [0.3, 0.4) is 0 Å². The van der Waals surface area contributed by atoms with Crippen molar-refractivity contribution in [3.05, 3.63) is 62.5 Å². The molecule has 0 spiro atoms. The van der Waals surface area contributed by atoms with Crippen LogP contribution in [-0.4, -0.2) is 33.0 Å². The summed E-state index contributed by atoms with van der Waals surface area (Å²) < 4.78 is 3.19. The average Bonchev–Trinajstić information content (AvgIpc) is 2.95. The van der Waals surface area contributed by atoms with Gasteiger partial charge in [0.05, 0.1) is 11.0 Å². The number of rotatable bonds is 4. The van der Waals surface area contributed by atoms with E-state index in [9.17, 15) is 9.59 Å². The lowest BCUT2D eigenvalue weighted by Gasteiger charge is -2.31. The van der Waals surface area contributed by atoms with Gasteiger partial charge in [-0.05, 0) is 56.3 Å². The number of aromatic nitrogens is 2. The first-order chi connectivity index (χ1) is 14.3. The molecule has 0 aliphatic carbocycles. The number of imidazole rings is 1. The second kappa shape index (κ2) is 8.46. The zero-order valence-corrected chi connectivity index (χ0v) is 18.5. The number of aryl methyl sites for hydroxylation is 2. The van der Waals surface area contributed by atoms with E-state index >= 15 is 0 Å². The Kier molecular flexibility index (Phi) is 5.91. The summed E-state index contributed by atoms with van der Waals surface area (Å²) >= 11 is 12.6. The van der Waals surface area contributed by atoms with Crippen molar-refractivity contribution in [2.75, 3.05) is 18.4 Å². The summed E-state index contributed by atoms with van der Waals surface area (Å²) in [6.45, 7) is 2.31. The molecule has 1 amide bonds. The van der Waals surface area contributed by atoms with Gasteiger partial charge in [-0.15, -0.1) is 0 Å². The average molecular weight is 447 g/mol. The summed E-state index contributed by atoms with van der Waals surface area (Å²) in [4.78, 5) is 27.2. The van der Waals surface area contributed by atoms with E-state index in [0.29, 0.717) is 22.3 Å². The first kappa shape index (κ1) is 21.0. The summed E-state index contributed by atoms with van der Waals surface area (Å²) in [5.74, 6) is -0.0241. The van der Waals surface area contributed by atoms with Crippen molar-refractivity contribution >= 4 is 45.8 Å². The molecule has 1 saturated heterocycles. The van der Waals surface area contributed by atoms with Gasteiger partial charge >= 0.3 is 5.69 Å².